The molecule has 0 atom stereocenters. The summed E-state index contributed by atoms with van der Waals surface area (Å²) in [4.78, 5) is 0. The third-order valence-corrected chi connectivity index (χ3v) is 3.65. The highest BCUT2D eigenvalue weighted by atomic mass is 16.5. The number of phenols is 1. The van der Waals surface area contributed by atoms with E-state index in [-0.39, 0.29) is 0 Å². The maximum absolute atomic E-state index is 10.3. The Labute approximate surface area is 124 Å². The summed E-state index contributed by atoms with van der Waals surface area (Å²) in [6.45, 7) is 11.4. The van der Waals surface area contributed by atoms with E-state index in [2.05, 4.69) is 34.6 Å². The van der Waals surface area contributed by atoms with Crippen molar-refractivity contribution in [2.45, 2.75) is 72.1 Å². The van der Waals surface area contributed by atoms with Crippen molar-refractivity contribution in [3.63, 3.8) is 0 Å². The monoisotopic (exact) mass is 278 g/mol. The van der Waals surface area contributed by atoms with E-state index in [1.54, 1.807) is 0 Å². The normalized spacial score (nSPS) is 11.3. The third kappa shape index (κ3) is 4.73. The van der Waals surface area contributed by atoms with Crippen LogP contribution < -0.4 is 4.74 Å². The fourth-order valence-electron chi connectivity index (χ4n) is 2.33. The van der Waals surface area contributed by atoms with Crippen LogP contribution in [-0.2, 0) is 0 Å². The van der Waals surface area contributed by atoms with Gasteiger partial charge in [0.05, 0.1) is 6.61 Å². The van der Waals surface area contributed by atoms with Crippen molar-refractivity contribution in [3.8, 4) is 11.5 Å². The first-order chi connectivity index (χ1) is 9.47. The van der Waals surface area contributed by atoms with Crippen molar-refractivity contribution in [1.29, 1.82) is 0 Å². The van der Waals surface area contributed by atoms with Gasteiger partial charge >= 0.3 is 0 Å². The highest BCUT2D eigenvalue weighted by Gasteiger charge is 2.15. The molecule has 1 aromatic rings. The first kappa shape index (κ1) is 16.9. The Bertz CT molecular complexity index is 379. The number of rotatable bonds is 8. The molecule has 0 radical (unpaired) electrons. The predicted octanol–water partition coefficient (Wildman–Crippen LogP) is 5.60. The van der Waals surface area contributed by atoms with Crippen LogP contribution in [0.15, 0.2) is 12.1 Å². The zero-order valence-corrected chi connectivity index (χ0v) is 13.7. The summed E-state index contributed by atoms with van der Waals surface area (Å²) in [6, 6.07) is 3.98. The summed E-state index contributed by atoms with van der Waals surface area (Å²) in [5, 5.41) is 10.3. The Kier molecular flexibility index (Phi) is 6.90. The van der Waals surface area contributed by atoms with Gasteiger partial charge in [-0.25, -0.2) is 0 Å². The van der Waals surface area contributed by atoms with Gasteiger partial charge in [-0.2, -0.15) is 0 Å². The number of hydrogen-bond acceptors (Lipinski definition) is 2. The minimum atomic E-state index is 0.302. The molecule has 0 aromatic heterocycles. The average Bonchev–Trinajstić information content (AvgIpc) is 2.39. The lowest BCUT2D eigenvalue weighted by Crippen LogP contribution is -2.01. The van der Waals surface area contributed by atoms with Crippen LogP contribution in [0.25, 0.3) is 0 Å². The molecule has 2 nitrogen and oxygen atoms in total. The lowest BCUT2D eigenvalue weighted by molar-refractivity contribution is 0.303. The van der Waals surface area contributed by atoms with Gasteiger partial charge in [0.2, 0.25) is 0 Å². The van der Waals surface area contributed by atoms with Gasteiger partial charge in [-0.3, -0.25) is 0 Å². The summed E-state index contributed by atoms with van der Waals surface area (Å²) in [6.07, 6.45) is 4.84. The Hall–Kier alpha value is -1.18. The molecule has 0 bridgehead atoms. The van der Waals surface area contributed by atoms with Gasteiger partial charge < -0.3 is 9.84 Å². The molecule has 0 amide bonds. The smallest absolute Gasteiger partial charge is 0.122 e. The van der Waals surface area contributed by atoms with Crippen molar-refractivity contribution >= 4 is 0 Å². The zero-order valence-electron chi connectivity index (χ0n) is 13.7. The second-order valence-electron chi connectivity index (χ2n) is 6.17. The maximum atomic E-state index is 10.3. The predicted molar refractivity (Wildman–Crippen MR) is 85.9 cm³/mol. The molecule has 114 valence electrons. The molecule has 1 aromatic carbocycles. The van der Waals surface area contributed by atoms with Crippen molar-refractivity contribution in [2.75, 3.05) is 6.61 Å². The van der Waals surface area contributed by atoms with Gasteiger partial charge in [0.15, 0.2) is 0 Å². The van der Waals surface area contributed by atoms with E-state index in [0.717, 1.165) is 29.9 Å². The number of unbranched alkanes of at least 4 members (excludes halogenated alkanes) is 3. The molecule has 0 fully saturated rings. The number of hydrogen-bond donors (Lipinski definition) is 1. The average molecular weight is 278 g/mol. The van der Waals surface area contributed by atoms with Crippen LogP contribution in [0.5, 0.6) is 11.5 Å². The van der Waals surface area contributed by atoms with E-state index < -0.39 is 0 Å². The fourth-order valence-corrected chi connectivity index (χ4v) is 2.33. The van der Waals surface area contributed by atoms with Gasteiger partial charge in [0.25, 0.3) is 0 Å². The molecule has 20 heavy (non-hydrogen) atoms. The van der Waals surface area contributed by atoms with Crippen molar-refractivity contribution in [1.82, 2.24) is 0 Å². The first-order valence-electron chi connectivity index (χ1n) is 7.96. The van der Waals surface area contributed by atoms with E-state index in [9.17, 15) is 5.11 Å². The lowest BCUT2D eigenvalue weighted by Gasteiger charge is -2.17. The fraction of sp³-hybridized carbons (Fsp3) is 0.667. The van der Waals surface area contributed by atoms with Crippen LogP contribution in [-0.4, -0.2) is 11.7 Å². The maximum Gasteiger partial charge on any atom is 0.122 e. The van der Waals surface area contributed by atoms with E-state index in [1.165, 1.54) is 19.3 Å². The summed E-state index contributed by atoms with van der Waals surface area (Å²) in [7, 11) is 0. The highest BCUT2D eigenvalue weighted by Crippen LogP contribution is 2.37. The molecule has 1 N–H and O–H groups in total. The Balaban J connectivity index is 2.80. The summed E-state index contributed by atoms with van der Waals surface area (Å²) in [5.74, 6) is 1.94. The van der Waals surface area contributed by atoms with Crippen LogP contribution in [0.3, 0.4) is 0 Å². The second kappa shape index (κ2) is 8.18. The molecule has 0 heterocycles. The minimum absolute atomic E-state index is 0.302. The van der Waals surface area contributed by atoms with Gasteiger partial charge in [-0.1, -0.05) is 53.9 Å². The second-order valence-corrected chi connectivity index (χ2v) is 6.17. The molecule has 0 aliphatic carbocycles. The van der Waals surface area contributed by atoms with Crippen LogP contribution in [0.1, 0.15) is 83.3 Å². The molecular formula is C18H30O2. The van der Waals surface area contributed by atoms with Crippen molar-refractivity contribution in [2.24, 2.45) is 0 Å². The van der Waals surface area contributed by atoms with E-state index in [4.69, 9.17) is 4.74 Å². The molecule has 0 saturated carbocycles. The molecule has 0 aliphatic rings. The number of phenolic OH excluding ortho intramolecular Hbond substituents is 1. The van der Waals surface area contributed by atoms with Crippen LogP contribution in [0.4, 0.5) is 0 Å². The van der Waals surface area contributed by atoms with Gasteiger partial charge in [0, 0.05) is 11.1 Å². The summed E-state index contributed by atoms with van der Waals surface area (Å²) < 4.78 is 5.88. The lowest BCUT2D eigenvalue weighted by atomic mass is 9.93. The topological polar surface area (TPSA) is 29.5 Å². The van der Waals surface area contributed by atoms with E-state index in [1.807, 2.05) is 12.1 Å². The largest absolute Gasteiger partial charge is 0.507 e. The Morgan fingerprint density at radius 2 is 1.50 bits per heavy atom. The SMILES string of the molecule is CCCCCCOc1cc(C(C)C)c(O)c(C(C)C)c1. The van der Waals surface area contributed by atoms with E-state index >= 15 is 0 Å². The van der Waals surface area contributed by atoms with Crippen molar-refractivity contribution in [3.05, 3.63) is 23.3 Å². The standard InChI is InChI=1S/C18H30O2/c1-6-7-8-9-10-20-15-11-16(13(2)3)18(19)17(12-15)14(4)5/h11-14,19H,6-10H2,1-5H3. The Morgan fingerprint density at radius 3 is 1.95 bits per heavy atom. The minimum Gasteiger partial charge on any atom is -0.507 e. The number of ether oxygens (including phenoxy) is 1. The highest BCUT2D eigenvalue weighted by molar-refractivity contribution is 5.49. The van der Waals surface area contributed by atoms with Crippen LogP contribution in [0, 0.1) is 0 Å². The third-order valence-electron chi connectivity index (χ3n) is 3.65. The first-order valence-corrected chi connectivity index (χ1v) is 7.96. The van der Waals surface area contributed by atoms with Gasteiger partial charge in [-0.05, 0) is 30.4 Å². The van der Waals surface area contributed by atoms with Gasteiger partial charge in [-0.15, -0.1) is 0 Å². The molecule has 0 saturated heterocycles. The molecule has 1 rings (SSSR count). The molecule has 0 aliphatic heterocycles. The molecule has 0 unspecified atom stereocenters. The molecule has 0 spiro atoms. The van der Waals surface area contributed by atoms with Crippen LogP contribution in [0.2, 0.25) is 0 Å². The summed E-state index contributed by atoms with van der Waals surface area (Å²) in [5.41, 5.74) is 1.97. The van der Waals surface area contributed by atoms with E-state index in [0.29, 0.717) is 17.6 Å². The number of benzene rings is 1. The van der Waals surface area contributed by atoms with Crippen LogP contribution >= 0.6 is 0 Å². The number of aromatic hydroxyl groups is 1. The molecule has 2 heteroatoms. The quantitative estimate of drug-likeness (QED) is 0.627. The van der Waals surface area contributed by atoms with Crippen molar-refractivity contribution < 1.29 is 9.84 Å². The zero-order chi connectivity index (χ0) is 15.1. The summed E-state index contributed by atoms with van der Waals surface area (Å²) >= 11 is 0. The van der Waals surface area contributed by atoms with Gasteiger partial charge in [0.1, 0.15) is 11.5 Å². The molecular weight excluding hydrogens is 248 g/mol. The Morgan fingerprint density at radius 1 is 0.950 bits per heavy atom.